The topological polar surface area (TPSA) is 71.5 Å². The molecule has 7 heteroatoms. The lowest BCUT2D eigenvalue weighted by Gasteiger charge is -2.22. The fourth-order valence-corrected chi connectivity index (χ4v) is 3.41. The Balaban J connectivity index is 1.42. The van der Waals surface area contributed by atoms with Crippen LogP contribution in [0.1, 0.15) is 16.8 Å². The second-order valence-electron chi connectivity index (χ2n) is 6.84. The minimum Gasteiger partial charge on any atom is -0.497 e. The molecule has 0 aliphatic carbocycles. The third-order valence-corrected chi connectivity index (χ3v) is 5.01. The number of benzene rings is 1. The van der Waals surface area contributed by atoms with Crippen molar-refractivity contribution in [1.82, 2.24) is 19.9 Å². The zero-order valence-electron chi connectivity index (χ0n) is 16.4. The molecule has 2 aromatic heterocycles. The Hall–Kier alpha value is -3.48. The van der Waals surface area contributed by atoms with E-state index in [4.69, 9.17) is 4.74 Å². The number of nitrogens with zero attached hydrogens (tertiary/aromatic N) is 5. The molecule has 1 aliphatic rings. The van der Waals surface area contributed by atoms with Gasteiger partial charge in [-0.1, -0.05) is 0 Å². The molecular weight excluding hydrogens is 366 g/mol. The summed E-state index contributed by atoms with van der Waals surface area (Å²) >= 11 is 0. The zero-order valence-corrected chi connectivity index (χ0v) is 16.4. The minimum absolute atomic E-state index is 0.00890. The van der Waals surface area contributed by atoms with Crippen molar-refractivity contribution in [3.05, 3.63) is 66.6 Å². The van der Waals surface area contributed by atoms with Crippen molar-refractivity contribution in [3.8, 4) is 17.0 Å². The van der Waals surface area contributed by atoms with Gasteiger partial charge in [0.2, 0.25) is 5.95 Å². The molecule has 29 heavy (non-hydrogen) atoms. The molecule has 1 aliphatic heterocycles. The smallest absolute Gasteiger partial charge is 0.255 e. The van der Waals surface area contributed by atoms with E-state index in [1.54, 1.807) is 31.8 Å². The maximum atomic E-state index is 12.9. The van der Waals surface area contributed by atoms with E-state index in [1.165, 1.54) is 0 Å². The van der Waals surface area contributed by atoms with Gasteiger partial charge in [-0.2, -0.15) is 0 Å². The molecule has 0 N–H and O–H groups in total. The van der Waals surface area contributed by atoms with Gasteiger partial charge in [0.15, 0.2) is 0 Å². The number of amides is 1. The third kappa shape index (κ3) is 4.34. The van der Waals surface area contributed by atoms with E-state index < -0.39 is 0 Å². The van der Waals surface area contributed by atoms with Crippen LogP contribution in [0.5, 0.6) is 5.75 Å². The molecule has 1 fully saturated rings. The van der Waals surface area contributed by atoms with E-state index in [0.29, 0.717) is 31.1 Å². The molecule has 0 radical (unpaired) electrons. The number of hydrogen-bond acceptors (Lipinski definition) is 6. The Kier molecular flexibility index (Phi) is 5.65. The molecule has 0 spiro atoms. The summed E-state index contributed by atoms with van der Waals surface area (Å²) in [6, 6.07) is 13.2. The molecule has 0 saturated carbocycles. The average Bonchev–Trinajstić information content (AvgIpc) is 3.06. The van der Waals surface area contributed by atoms with Gasteiger partial charge in [-0.05, 0) is 48.9 Å². The van der Waals surface area contributed by atoms with Gasteiger partial charge in [0.25, 0.3) is 5.91 Å². The standard InChI is InChI=1S/C22H23N5O2/c1-29-19-7-4-17(5-8-19)20-9-6-18(16-25-20)21(28)26-12-3-13-27(15-14-26)22-23-10-2-11-24-22/h2,4-11,16H,3,12-15H2,1H3. The Labute approximate surface area is 170 Å². The van der Waals surface area contributed by atoms with Crippen molar-refractivity contribution >= 4 is 11.9 Å². The van der Waals surface area contributed by atoms with Crippen LogP contribution < -0.4 is 9.64 Å². The van der Waals surface area contributed by atoms with Crippen LogP contribution in [-0.2, 0) is 0 Å². The highest BCUT2D eigenvalue weighted by atomic mass is 16.5. The first-order chi connectivity index (χ1) is 14.2. The Morgan fingerprint density at radius 2 is 1.72 bits per heavy atom. The lowest BCUT2D eigenvalue weighted by molar-refractivity contribution is 0.0766. The molecule has 148 valence electrons. The fraction of sp³-hybridized carbons (Fsp3) is 0.273. The van der Waals surface area contributed by atoms with Crippen molar-refractivity contribution in [2.75, 3.05) is 38.2 Å². The van der Waals surface area contributed by atoms with Gasteiger partial charge in [-0.3, -0.25) is 9.78 Å². The number of anilines is 1. The summed E-state index contributed by atoms with van der Waals surface area (Å²) in [5.74, 6) is 1.53. The zero-order chi connectivity index (χ0) is 20.1. The van der Waals surface area contributed by atoms with Crippen molar-refractivity contribution in [2.24, 2.45) is 0 Å². The highest BCUT2D eigenvalue weighted by Crippen LogP contribution is 2.21. The number of hydrogen-bond donors (Lipinski definition) is 0. The number of aromatic nitrogens is 3. The molecule has 1 amide bonds. The summed E-state index contributed by atoms with van der Waals surface area (Å²) < 4.78 is 5.19. The van der Waals surface area contributed by atoms with Crippen LogP contribution in [0.3, 0.4) is 0 Å². The maximum Gasteiger partial charge on any atom is 0.255 e. The first-order valence-electron chi connectivity index (χ1n) is 9.66. The van der Waals surface area contributed by atoms with Crippen molar-refractivity contribution in [3.63, 3.8) is 0 Å². The SMILES string of the molecule is COc1ccc(-c2ccc(C(=O)N3CCCN(c4ncccn4)CC3)cn2)cc1. The normalized spacial score (nSPS) is 14.4. The molecule has 3 heterocycles. The van der Waals surface area contributed by atoms with Gasteiger partial charge < -0.3 is 14.5 Å². The number of ether oxygens (including phenoxy) is 1. The number of carbonyl (C=O) groups is 1. The molecule has 0 unspecified atom stereocenters. The second-order valence-corrected chi connectivity index (χ2v) is 6.84. The van der Waals surface area contributed by atoms with E-state index in [1.807, 2.05) is 41.3 Å². The van der Waals surface area contributed by atoms with Crippen LogP contribution in [0.15, 0.2) is 61.1 Å². The fourth-order valence-electron chi connectivity index (χ4n) is 3.41. The number of methoxy groups -OCH3 is 1. The van der Waals surface area contributed by atoms with Gasteiger partial charge >= 0.3 is 0 Å². The maximum absolute atomic E-state index is 12.9. The summed E-state index contributed by atoms with van der Waals surface area (Å²) in [5, 5.41) is 0. The molecular formula is C22H23N5O2. The van der Waals surface area contributed by atoms with Gasteiger partial charge in [0.1, 0.15) is 5.75 Å². The summed E-state index contributed by atoms with van der Waals surface area (Å²) in [6.07, 6.45) is 6.02. The molecule has 0 atom stereocenters. The largest absolute Gasteiger partial charge is 0.497 e. The van der Waals surface area contributed by atoms with E-state index in [0.717, 1.165) is 30.0 Å². The Morgan fingerprint density at radius 1 is 0.931 bits per heavy atom. The van der Waals surface area contributed by atoms with E-state index in [-0.39, 0.29) is 5.91 Å². The third-order valence-electron chi connectivity index (χ3n) is 5.01. The number of carbonyl (C=O) groups excluding carboxylic acids is 1. The monoisotopic (exact) mass is 389 g/mol. The van der Waals surface area contributed by atoms with Crippen molar-refractivity contribution in [1.29, 1.82) is 0 Å². The number of pyridine rings is 1. The summed E-state index contributed by atoms with van der Waals surface area (Å²) in [4.78, 5) is 30.1. The van der Waals surface area contributed by atoms with Crippen LogP contribution >= 0.6 is 0 Å². The van der Waals surface area contributed by atoms with Crippen LogP contribution in [0.4, 0.5) is 5.95 Å². The van der Waals surface area contributed by atoms with E-state index in [9.17, 15) is 4.79 Å². The van der Waals surface area contributed by atoms with E-state index >= 15 is 0 Å². The van der Waals surface area contributed by atoms with E-state index in [2.05, 4.69) is 19.9 Å². The van der Waals surface area contributed by atoms with Gasteiger partial charge in [-0.15, -0.1) is 0 Å². The molecule has 1 aromatic carbocycles. The Morgan fingerprint density at radius 3 is 2.41 bits per heavy atom. The van der Waals surface area contributed by atoms with Gasteiger partial charge in [0.05, 0.1) is 18.4 Å². The molecule has 1 saturated heterocycles. The molecule has 7 nitrogen and oxygen atoms in total. The van der Waals surface area contributed by atoms with Crippen molar-refractivity contribution < 1.29 is 9.53 Å². The van der Waals surface area contributed by atoms with Crippen LogP contribution in [0.2, 0.25) is 0 Å². The molecule has 3 aromatic rings. The summed E-state index contributed by atoms with van der Waals surface area (Å²) in [7, 11) is 1.64. The summed E-state index contributed by atoms with van der Waals surface area (Å²) in [6.45, 7) is 2.90. The van der Waals surface area contributed by atoms with Crippen molar-refractivity contribution in [2.45, 2.75) is 6.42 Å². The highest BCUT2D eigenvalue weighted by Gasteiger charge is 2.21. The van der Waals surface area contributed by atoms with Gasteiger partial charge in [-0.25, -0.2) is 9.97 Å². The van der Waals surface area contributed by atoms with Crippen LogP contribution in [0, 0.1) is 0 Å². The first-order valence-corrected chi connectivity index (χ1v) is 9.66. The van der Waals surface area contributed by atoms with Crippen LogP contribution in [0.25, 0.3) is 11.3 Å². The first kappa shape index (κ1) is 18.9. The minimum atomic E-state index is 0.00890. The second kappa shape index (κ2) is 8.68. The highest BCUT2D eigenvalue weighted by molar-refractivity contribution is 5.94. The molecule has 4 rings (SSSR count). The Bertz CT molecular complexity index is 945. The average molecular weight is 389 g/mol. The predicted molar refractivity (Wildman–Crippen MR) is 111 cm³/mol. The quantitative estimate of drug-likeness (QED) is 0.683. The van der Waals surface area contributed by atoms with Crippen LogP contribution in [-0.4, -0.2) is 59.0 Å². The lowest BCUT2D eigenvalue weighted by Crippen LogP contribution is -2.35. The lowest BCUT2D eigenvalue weighted by atomic mass is 10.1. The summed E-state index contributed by atoms with van der Waals surface area (Å²) in [5.41, 5.74) is 2.41. The van der Waals surface area contributed by atoms with Gasteiger partial charge in [0, 0.05) is 50.3 Å². The number of rotatable bonds is 4. The molecule has 0 bridgehead atoms. The predicted octanol–water partition coefficient (Wildman–Crippen LogP) is 2.90.